The lowest BCUT2D eigenvalue weighted by Crippen LogP contribution is -2.23. The highest BCUT2D eigenvalue weighted by atomic mass is 16.2. The molecule has 0 amide bonds. The third-order valence-corrected chi connectivity index (χ3v) is 2.31. The zero-order valence-electron chi connectivity index (χ0n) is 8.79. The Bertz CT molecular complexity index is 586. The molecule has 1 aromatic carbocycles. The van der Waals surface area contributed by atoms with Gasteiger partial charge in [0, 0.05) is 6.54 Å². The van der Waals surface area contributed by atoms with Gasteiger partial charge in [-0.3, -0.25) is 0 Å². The van der Waals surface area contributed by atoms with E-state index in [0.717, 1.165) is 0 Å². The standard InChI is InChI=1S/C11H10N4O/c1-2-15-11(16)14(8-13-15)10-5-3-9(7-12)4-6-10/h3-6,8H,2H2,1H3. The van der Waals surface area contributed by atoms with E-state index in [0.29, 0.717) is 17.8 Å². The summed E-state index contributed by atoms with van der Waals surface area (Å²) >= 11 is 0. The SMILES string of the molecule is CCn1ncn(-c2ccc(C#N)cc2)c1=O. The normalized spacial score (nSPS) is 10.0. The average Bonchev–Trinajstić information content (AvgIpc) is 2.70. The molecule has 0 spiro atoms. The lowest BCUT2D eigenvalue weighted by molar-refractivity contribution is 0.629. The first-order valence-electron chi connectivity index (χ1n) is 4.91. The summed E-state index contributed by atoms with van der Waals surface area (Å²) in [4.78, 5) is 11.8. The van der Waals surface area contributed by atoms with Crippen molar-refractivity contribution >= 4 is 0 Å². The third-order valence-electron chi connectivity index (χ3n) is 2.31. The number of nitriles is 1. The molecule has 0 unspecified atom stereocenters. The van der Waals surface area contributed by atoms with E-state index in [1.807, 2.05) is 13.0 Å². The van der Waals surface area contributed by atoms with Crippen molar-refractivity contribution in [2.24, 2.45) is 0 Å². The second-order valence-electron chi connectivity index (χ2n) is 3.26. The second kappa shape index (κ2) is 4.03. The van der Waals surface area contributed by atoms with Crippen molar-refractivity contribution in [2.45, 2.75) is 13.5 Å². The lowest BCUT2D eigenvalue weighted by Gasteiger charge is -1.99. The molecule has 0 N–H and O–H groups in total. The van der Waals surface area contributed by atoms with Gasteiger partial charge >= 0.3 is 5.69 Å². The number of hydrogen-bond acceptors (Lipinski definition) is 3. The summed E-state index contributed by atoms with van der Waals surface area (Å²) in [6, 6.07) is 8.82. The van der Waals surface area contributed by atoms with Crippen LogP contribution in [0.5, 0.6) is 0 Å². The van der Waals surface area contributed by atoms with Crippen molar-refractivity contribution in [2.75, 3.05) is 0 Å². The van der Waals surface area contributed by atoms with Gasteiger partial charge in [-0.05, 0) is 31.2 Å². The van der Waals surface area contributed by atoms with Crippen molar-refractivity contribution in [3.63, 3.8) is 0 Å². The highest BCUT2D eigenvalue weighted by Gasteiger charge is 2.04. The Kier molecular flexibility index (Phi) is 2.56. The first-order valence-corrected chi connectivity index (χ1v) is 4.91. The van der Waals surface area contributed by atoms with Gasteiger partial charge in [-0.15, -0.1) is 0 Å². The minimum absolute atomic E-state index is 0.174. The number of nitrogens with zero attached hydrogens (tertiary/aromatic N) is 4. The second-order valence-corrected chi connectivity index (χ2v) is 3.26. The monoisotopic (exact) mass is 214 g/mol. The van der Waals surface area contributed by atoms with Crippen LogP contribution in [0.4, 0.5) is 0 Å². The summed E-state index contributed by atoms with van der Waals surface area (Å²) in [5.74, 6) is 0. The van der Waals surface area contributed by atoms with Gasteiger partial charge in [0.15, 0.2) is 0 Å². The van der Waals surface area contributed by atoms with Crippen LogP contribution in [0.1, 0.15) is 12.5 Å². The van der Waals surface area contributed by atoms with Crippen molar-refractivity contribution in [3.05, 3.63) is 46.6 Å². The van der Waals surface area contributed by atoms with Gasteiger partial charge in [0.05, 0.1) is 17.3 Å². The number of hydrogen-bond donors (Lipinski definition) is 0. The lowest BCUT2D eigenvalue weighted by atomic mass is 10.2. The molecule has 5 heteroatoms. The summed E-state index contributed by atoms with van der Waals surface area (Å²) in [6.45, 7) is 2.40. The van der Waals surface area contributed by atoms with Crippen LogP contribution >= 0.6 is 0 Å². The molecule has 0 saturated carbocycles. The largest absolute Gasteiger partial charge is 0.350 e. The average molecular weight is 214 g/mol. The predicted octanol–water partition coefficient (Wildman–Crippen LogP) is 0.926. The van der Waals surface area contributed by atoms with Crippen LogP contribution in [-0.4, -0.2) is 14.3 Å². The van der Waals surface area contributed by atoms with Crippen LogP contribution in [0.15, 0.2) is 35.4 Å². The molecule has 0 aliphatic carbocycles. The van der Waals surface area contributed by atoms with E-state index in [9.17, 15) is 4.79 Å². The van der Waals surface area contributed by atoms with E-state index in [2.05, 4.69) is 5.10 Å². The highest BCUT2D eigenvalue weighted by Crippen LogP contribution is 2.06. The Morgan fingerprint density at radius 3 is 2.56 bits per heavy atom. The van der Waals surface area contributed by atoms with Crippen molar-refractivity contribution in [1.29, 1.82) is 5.26 Å². The fourth-order valence-electron chi connectivity index (χ4n) is 1.43. The Balaban J connectivity index is 2.47. The zero-order chi connectivity index (χ0) is 11.5. The van der Waals surface area contributed by atoms with Gasteiger partial charge in [0.25, 0.3) is 0 Å². The summed E-state index contributed by atoms with van der Waals surface area (Å²) in [5.41, 5.74) is 1.11. The Morgan fingerprint density at radius 1 is 1.38 bits per heavy atom. The number of aromatic nitrogens is 3. The molecule has 0 bridgehead atoms. The molecule has 2 rings (SSSR count). The van der Waals surface area contributed by atoms with E-state index in [1.165, 1.54) is 15.6 Å². The molecule has 5 nitrogen and oxygen atoms in total. The molecule has 0 aliphatic heterocycles. The quantitative estimate of drug-likeness (QED) is 0.746. The molecule has 0 atom stereocenters. The summed E-state index contributed by atoms with van der Waals surface area (Å²) in [5, 5.41) is 12.6. The van der Waals surface area contributed by atoms with E-state index in [1.54, 1.807) is 24.3 Å². The fourth-order valence-corrected chi connectivity index (χ4v) is 1.43. The maximum Gasteiger partial charge on any atom is 0.350 e. The number of rotatable bonds is 2. The number of aryl methyl sites for hydroxylation is 1. The van der Waals surface area contributed by atoms with Gasteiger partial charge in [-0.1, -0.05) is 0 Å². The maximum atomic E-state index is 11.8. The van der Waals surface area contributed by atoms with Crippen LogP contribution in [0.3, 0.4) is 0 Å². The van der Waals surface area contributed by atoms with Crippen molar-refractivity contribution in [1.82, 2.24) is 14.3 Å². The van der Waals surface area contributed by atoms with Crippen LogP contribution in [0.2, 0.25) is 0 Å². The van der Waals surface area contributed by atoms with Gasteiger partial charge in [-0.2, -0.15) is 10.4 Å². The van der Waals surface area contributed by atoms with Crippen molar-refractivity contribution < 1.29 is 0 Å². The van der Waals surface area contributed by atoms with E-state index in [4.69, 9.17) is 5.26 Å². The molecular formula is C11H10N4O. The summed E-state index contributed by atoms with van der Waals surface area (Å²) < 4.78 is 2.82. The minimum atomic E-state index is -0.174. The van der Waals surface area contributed by atoms with Crippen molar-refractivity contribution in [3.8, 4) is 11.8 Å². The van der Waals surface area contributed by atoms with Gasteiger partial charge in [0.2, 0.25) is 0 Å². The maximum absolute atomic E-state index is 11.8. The van der Waals surface area contributed by atoms with Crippen LogP contribution in [-0.2, 0) is 6.54 Å². The molecule has 0 fully saturated rings. The molecule has 1 aromatic heterocycles. The molecule has 1 heterocycles. The minimum Gasteiger partial charge on any atom is -0.250 e. The van der Waals surface area contributed by atoms with Gasteiger partial charge in [-0.25, -0.2) is 14.0 Å². The first kappa shape index (κ1) is 10.2. The van der Waals surface area contributed by atoms with Crippen LogP contribution < -0.4 is 5.69 Å². The van der Waals surface area contributed by atoms with E-state index < -0.39 is 0 Å². The van der Waals surface area contributed by atoms with Crippen LogP contribution in [0.25, 0.3) is 5.69 Å². The molecule has 2 aromatic rings. The van der Waals surface area contributed by atoms with Gasteiger partial charge in [0.1, 0.15) is 6.33 Å². The Morgan fingerprint density at radius 2 is 2.06 bits per heavy atom. The fraction of sp³-hybridized carbons (Fsp3) is 0.182. The third kappa shape index (κ3) is 1.61. The Hall–Kier alpha value is -2.35. The Labute approximate surface area is 92.2 Å². The predicted molar refractivity (Wildman–Crippen MR) is 58.2 cm³/mol. The number of benzene rings is 1. The summed E-state index contributed by atoms with van der Waals surface area (Å²) in [6.07, 6.45) is 1.48. The highest BCUT2D eigenvalue weighted by molar-refractivity contribution is 5.38. The van der Waals surface area contributed by atoms with E-state index in [-0.39, 0.29) is 5.69 Å². The van der Waals surface area contributed by atoms with Gasteiger partial charge < -0.3 is 0 Å². The van der Waals surface area contributed by atoms with E-state index >= 15 is 0 Å². The summed E-state index contributed by atoms with van der Waals surface area (Å²) in [7, 11) is 0. The topological polar surface area (TPSA) is 63.6 Å². The zero-order valence-corrected chi connectivity index (χ0v) is 8.79. The first-order chi connectivity index (χ1) is 7.76. The molecular weight excluding hydrogens is 204 g/mol. The molecule has 0 saturated heterocycles. The van der Waals surface area contributed by atoms with Crippen LogP contribution in [0, 0.1) is 11.3 Å². The molecule has 80 valence electrons. The smallest absolute Gasteiger partial charge is 0.250 e. The molecule has 0 aliphatic rings. The molecule has 0 radical (unpaired) electrons. The molecule has 16 heavy (non-hydrogen) atoms.